The minimum Gasteiger partial charge on any atom is -0.493 e. The molecular weight excluding hydrogens is 364 g/mol. The normalized spacial score (nSPS) is 12.7. The Morgan fingerprint density at radius 1 is 1.10 bits per heavy atom. The van der Waals surface area contributed by atoms with Crippen LogP contribution in [0.1, 0.15) is 65.4 Å². The fourth-order valence-electron chi connectivity index (χ4n) is 2.89. The fourth-order valence-corrected chi connectivity index (χ4v) is 2.89. The van der Waals surface area contributed by atoms with Crippen LogP contribution in [0.5, 0.6) is 11.5 Å². The average molecular weight is 401 g/mol. The maximum absolute atomic E-state index is 10.6. The topological polar surface area (TPSA) is 55.8 Å². The molecule has 1 aromatic rings. The van der Waals surface area contributed by atoms with Crippen molar-refractivity contribution in [2.75, 3.05) is 13.7 Å². The zero-order valence-corrected chi connectivity index (χ0v) is 18.5. The van der Waals surface area contributed by atoms with Crippen LogP contribution in [-0.4, -0.2) is 24.8 Å². The van der Waals surface area contributed by atoms with E-state index < -0.39 is 5.97 Å². The SMILES string of the molecule is COc1cc(/C=C/C(=O)O)ccc1OCCC(C)CC/C=C(\C)CCC=C(C)C. The van der Waals surface area contributed by atoms with Gasteiger partial charge in [0, 0.05) is 6.08 Å². The van der Waals surface area contributed by atoms with Crippen LogP contribution in [0.4, 0.5) is 0 Å². The molecule has 160 valence electrons. The van der Waals surface area contributed by atoms with Crippen LogP contribution in [0.3, 0.4) is 0 Å². The highest BCUT2D eigenvalue weighted by Crippen LogP contribution is 2.29. The van der Waals surface area contributed by atoms with Crippen molar-refractivity contribution >= 4 is 12.0 Å². The molecule has 0 saturated heterocycles. The Kier molecular flexibility index (Phi) is 11.6. The van der Waals surface area contributed by atoms with Crippen molar-refractivity contribution in [1.82, 2.24) is 0 Å². The molecule has 1 atom stereocenters. The van der Waals surface area contributed by atoms with Crippen LogP contribution in [0.15, 0.2) is 47.6 Å². The number of rotatable bonds is 13. The lowest BCUT2D eigenvalue weighted by Gasteiger charge is -2.14. The van der Waals surface area contributed by atoms with Gasteiger partial charge in [-0.05, 0) is 82.6 Å². The molecule has 0 fully saturated rings. The summed E-state index contributed by atoms with van der Waals surface area (Å²) in [7, 11) is 1.59. The molecule has 0 aliphatic carbocycles. The van der Waals surface area contributed by atoms with E-state index in [1.54, 1.807) is 13.2 Å². The minimum absolute atomic E-state index is 0.584. The predicted octanol–water partition coefficient (Wildman–Crippen LogP) is 6.67. The number of carbonyl (C=O) groups is 1. The molecular formula is C25H36O4. The Balaban J connectivity index is 2.40. The summed E-state index contributed by atoms with van der Waals surface area (Å²) >= 11 is 0. The first-order valence-corrected chi connectivity index (χ1v) is 10.3. The third kappa shape index (κ3) is 11.2. The monoisotopic (exact) mass is 400 g/mol. The number of hydrogen-bond acceptors (Lipinski definition) is 3. The van der Waals surface area contributed by atoms with Crippen molar-refractivity contribution in [2.24, 2.45) is 5.92 Å². The molecule has 0 aliphatic heterocycles. The van der Waals surface area contributed by atoms with Gasteiger partial charge in [0.2, 0.25) is 0 Å². The summed E-state index contributed by atoms with van der Waals surface area (Å²) in [5.41, 5.74) is 3.61. The average Bonchev–Trinajstić information content (AvgIpc) is 2.66. The second kappa shape index (κ2) is 13.6. The Hall–Kier alpha value is -2.49. The van der Waals surface area contributed by atoms with Gasteiger partial charge >= 0.3 is 5.97 Å². The van der Waals surface area contributed by atoms with Gasteiger partial charge in [0.05, 0.1) is 13.7 Å². The van der Waals surface area contributed by atoms with Crippen molar-refractivity contribution in [2.45, 2.75) is 59.8 Å². The number of hydrogen-bond donors (Lipinski definition) is 1. The standard InChI is InChI=1S/C25H36O4/c1-19(2)8-6-9-20(3)10-7-11-21(4)16-17-29-23-14-12-22(13-15-25(26)27)18-24(23)28-5/h8,10,12-15,18,21H,6-7,9,11,16-17H2,1-5H3,(H,26,27)/b15-13+,20-10+. The van der Waals surface area contributed by atoms with Gasteiger partial charge in [0.25, 0.3) is 0 Å². The zero-order chi connectivity index (χ0) is 21.6. The first-order chi connectivity index (χ1) is 13.8. The van der Waals surface area contributed by atoms with Gasteiger partial charge in [-0.3, -0.25) is 0 Å². The summed E-state index contributed by atoms with van der Waals surface area (Å²) in [5.74, 6) is 0.902. The number of allylic oxidation sites excluding steroid dienone is 4. The van der Waals surface area contributed by atoms with Crippen LogP contribution < -0.4 is 9.47 Å². The zero-order valence-electron chi connectivity index (χ0n) is 18.5. The fraction of sp³-hybridized carbons (Fsp3) is 0.480. The second-order valence-corrected chi connectivity index (χ2v) is 7.77. The largest absolute Gasteiger partial charge is 0.493 e. The molecule has 1 unspecified atom stereocenters. The molecule has 0 bridgehead atoms. The summed E-state index contributed by atoms with van der Waals surface area (Å²) in [6, 6.07) is 5.42. The van der Waals surface area contributed by atoms with Crippen LogP contribution >= 0.6 is 0 Å². The first-order valence-electron chi connectivity index (χ1n) is 10.3. The molecule has 0 spiro atoms. The predicted molar refractivity (Wildman–Crippen MR) is 121 cm³/mol. The Labute approximate surface area is 175 Å². The van der Waals surface area contributed by atoms with Gasteiger partial charge in [-0.25, -0.2) is 4.79 Å². The number of carboxylic acid groups (broad SMARTS) is 1. The molecule has 1 rings (SSSR count). The van der Waals surface area contributed by atoms with Crippen LogP contribution in [0.25, 0.3) is 6.08 Å². The van der Waals surface area contributed by atoms with Crippen molar-refractivity contribution in [3.05, 3.63) is 53.1 Å². The van der Waals surface area contributed by atoms with Gasteiger partial charge in [0.15, 0.2) is 11.5 Å². The van der Waals surface area contributed by atoms with E-state index in [1.165, 1.54) is 17.2 Å². The molecule has 0 amide bonds. The molecule has 4 heteroatoms. The highest BCUT2D eigenvalue weighted by atomic mass is 16.5. The van der Waals surface area contributed by atoms with Gasteiger partial charge in [-0.15, -0.1) is 0 Å². The number of carboxylic acids is 1. The molecule has 4 nitrogen and oxygen atoms in total. The number of benzene rings is 1. The lowest BCUT2D eigenvalue weighted by atomic mass is 10.0. The Bertz CT molecular complexity index is 724. The smallest absolute Gasteiger partial charge is 0.328 e. The van der Waals surface area contributed by atoms with E-state index in [9.17, 15) is 4.79 Å². The van der Waals surface area contributed by atoms with Gasteiger partial charge in [0.1, 0.15) is 0 Å². The van der Waals surface area contributed by atoms with E-state index in [0.29, 0.717) is 24.0 Å². The summed E-state index contributed by atoms with van der Waals surface area (Å²) in [4.78, 5) is 10.6. The summed E-state index contributed by atoms with van der Waals surface area (Å²) in [6.45, 7) is 9.39. The van der Waals surface area contributed by atoms with Crippen LogP contribution in [0.2, 0.25) is 0 Å². The molecule has 0 saturated carbocycles. The molecule has 0 radical (unpaired) electrons. The third-order valence-corrected chi connectivity index (χ3v) is 4.72. The maximum atomic E-state index is 10.6. The number of aliphatic carboxylic acids is 1. The van der Waals surface area contributed by atoms with Crippen molar-refractivity contribution < 1.29 is 19.4 Å². The van der Waals surface area contributed by atoms with Gasteiger partial charge in [-0.2, -0.15) is 0 Å². The lowest BCUT2D eigenvalue weighted by molar-refractivity contribution is -0.131. The molecule has 1 N–H and O–H groups in total. The van der Waals surface area contributed by atoms with E-state index in [0.717, 1.165) is 43.7 Å². The maximum Gasteiger partial charge on any atom is 0.328 e. The molecule has 29 heavy (non-hydrogen) atoms. The van der Waals surface area contributed by atoms with Crippen molar-refractivity contribution in [3.8, 4) is 11.5 Å². The highest BCUT2D eigenvalue weighted by molar-refractivity contribution is 5.85. The molecule has 0 aliphatic rings. The van der Waals surface area contributed by atoms with E-state index in [4.69, 9.17) is 14.6 Å². The van der Waals surface area contributed by atoms with Crippen molar-refractivity contribution in [1.29, 1.82) is 0 Å². The molecule has 1 aromatic carbocycles. The second-order valence-electron chi connectivity index (χ2n) is 7.77. The highest BCUT2D eigenvalue weighted by Gasteiger charge is 2.07. The summed E-state index contributed by atoms with van der Waals surface area (Å²) in [6.07, 6.45) is 12.8. The number of ether oxygens (including phenoxy) is 2. The van der Waals surface area contributed by atoms with Crippen LogP contribution in [-0.2, 0) is 4.79 Å². The van der Waals surface area contributed by atoms with E-state index in [-0.39, 0.29) is 0 Å². The third-order valence-electron chi connectivity index (χ3n) is 4.72. The molecule has 0 heterocycles. The molecule has 0 aromatic heterocycles. The summed E-state index contributed by atoms with van der Waals surface area (Å²) in [5, 5.41) is 8.73. The van der Waals surface area contributed by atoms with E-state index in [1.807, 2.05) is 12.1 Å². The van der Waals surface area contributed by atoms with Gasteiger partial charge < -0.3 is 14.6 Å². The van der Waals surface area contributed by atoms with E-state index >= 15 is 0 Å². The van der Waals surface area contributed by atoms with Gasteiger partial charge in [-0.1, -0.05) is 36.3 Å². The lowest BCUT2D eigenvalue weighted by Crippen LogP contribution is -2.05. The Morgan fingerprint density at radius 2 is 1.86 bits per heavy atom. The first kappa shape index (κ1) is 24.5. The van der Waals surface area contributed by atoms with Crippen LogP contribution in [0, 0.1) is 5.92 Å². The minimum atomic E-state index is -0.976. The quantitative estimate of drug-likeness (QED) is 0.297. The number of methoxy groups -OCH3 is 1. The summed E-state index contributed by atoms with van der Waals surface area (Å²) < 4.78 is 11.3. The van der Waals surface area contributed by atoms with Crippen molar-refractivity contribution in [3.63, 3.8) is 0 Å². The Morgan fingerprint density at radius 3 is 2.52 bits per heavy atom. The van der Waals surface area contributed by atoms with E-state index in [2.05, 4.69) is 39.8 Å².